The molecule has 2 N–H and O–H groups in total. The van der Waals surface area contributed by atoms with E-state index in [0.29, 0.717) is 12.2 Å². The van der Waals surface area contributed by atoms with Gasteiger partial charge in [0.25, 0.3) is 0 Å². The summed E-state index contributed by atoms with van der Waals surface area (Å²) in [4.78, 5) is 10.7. The topological polar surface area (TPSA) is 66.8 Å². The zero-order valence-electron chi connectivity index (χ0n) is 9.01. The average Bonchev–Trinajstić information content (AvgIpc) is 2.62. The number of aliphatic hydroxyl groups excluding tert-OH is 1. The second-order valence-electron chi connectivity index (χ2n) is 3.98. The van der Waals surface area contributed by atoms with E-state index in [1.165, 1.54) is 6.92 Å². The molecule has 86 valence electrons. The van der Waals surface area contributed by atoms with Gasteiger partial charge in [-0.05, 0) is 31.4 Å². The Bertz CT molecular complexity index is 413. The molecule has 0 aromatic heterocycles. The van der Waals surface area contributed by atoms with Gasteiger partial charge < -0.3 is 14.9 Å². The highest BCUT2D eigenvalue weighted by Gasteiger charge is 2.24. The van der Waals surface area contributed by atoms with Crippen LogP contribution in [0.5, 0.6) is 5.75 Å². The number of hydrogen-bond acceptors (Lipinski definition) is 3. The van der Waals surface area contributed by atoms with Crippen molar-refractivity contribution in [3.05, 3.63) is 29.3 Å². The Labute approximate surface area is 93.5 Å². The molecule has 0 aliphatic heterocycles. The van der Waals surface area contributed by atoms with Crippen molar-refractivity contribution >= 4 is 5.97 Å². The number of hydrogen-bond donors (Lipinski definition) is 2. The summed E-state index contributed by atoms with van der Waals surface area (Å²) in [5.74, 6) is -0.417. The largest absolute Gasteiger partial charge is 0.479 e. The highest BCUT2D eigenvalue weighted by atomic mass is 16.5. The van der Waals surface area contributed by atoms with Crippen molar-refractivity contribution in [2.24, 2.45) is 0 Å². The highest BCUT2D eigenvalue weighted by Crippen LogP contribution is 2.36. The van der Waals surface area contributed by atoms with Crippen LogP contribution in [0.3, 0.4) is 0 Å². The van der Waals surface area contributed by atoms with E-state index in [4.69, 9.17) is 9.84 Å². The summed E-state index contributed by atoms with van der Waals surface area (Å²) in [7, 11) is 0. The molecule has 16 heavy (non-hydrogen) atoms. The highest BCUT2D eigenvalue weighted by molar-refractivity contribution is 5.72. The first-order chi connectivity index (χ1) is 7.59. The van der Waals surface area contributed by atoms with E-state index in [1.54, 1.807) is 12.1 Å². The Morgan fingerprint density at radius 3 is 3.00 bits per heavy atom. The third-order valence-corrected chi connectivity index (χ3v) is 2.85. The summed E-state index contributed by atoms with van der Waals surface area (Å²) >= 11 is 0. The maximum Gasteiger partial charge on any atom is 0.344 e. The van der Waals surface area contributed by atoms with Crippen molar-refractivity contribution in [1.29, 1.82) is 0 Å². The fraction of sp³-hybridized carbons (Fsp3) is 0.417. The molecule has 1 aromatic carbocycles. The van der Waals surface area contributed by atoms with Crippen LogP contribution in [0.15, 0.2) is 18.2 Å². The zero-order chi connectivity index (χ0) is 11.7. The number of aliphatic hydroxyl groups is 1. The van der Waals surface area contributed by atoms with Gasteiger partial charge in [0.05, 0.1) is 6.10 Å². The third kappa shape index (κ3) is 1.88. The maximum absolute atomic E-state index is 10.7. The lowest BCUT2D eigenvalue weighted by Gasteiger charge is -2.14. The first-order valence-corrected chi connectivity index (χ1v) is 5.29. The molecule has 4 nitrogen and oxygen atoms in total. The number of carboxylic acid groups (broad SMARTS) is 1. The van der Waals surface area contributed by atoms with Gasteiger partial charge in [0, 0.05) is 5.56 Å². The minimum absolute atomic E-state index is 0.446. The summed E-state index contributed by atoms with van der Waals surface area (Å²) in [6.07, 6.45) is 0.0961. The van der Waals surface area contributed by atoms with E-state index in [2.05, 4.69) is 0 Å². The molecule has 2 unspecified atom stereocenters. The van der Waals surface area contributed by atoms with Gasteiger partial charge >= 0.3 is 5.97 Å². The predicted molar refractivity (Wildman–Crippen MR) is 57.4 cm³/mol. The van der Waals surface area contributed by atoms with Crippen LogP contribution in [0, 0.1) is 0 Å². The average molecular weight is 222 g/mol. The minimum atomic E-state index is -0.990. The number of ether oxygens (including phenoxy) is 1. The molecule has 0 saturated heterocycles. The van der Waals surface area contributed by atoms with Crippen LogP contribution in [-0.2, 0) is 11.2 Å². The zero-order valence-corrected chi connectivity index (χ0v) is 9.01. The Balaban J connectivity index is 2.26. The molecule has 0 saturated carbocycles. The molecule has 1 aliphatic carbocycles. The van der Waals surface area contributed by atoms with E-state index in [1.807, 2.05) is 6.07 Å². The summed E-state index contributed by atoms with van der Waals surface area (Å²) in [6, 6.07) is 5.37. The van der Waals surface area contributed by atoms with Gasteiger partial charge in [-0.3, -0.25) is 0 Å². The summed E-state index contributed by atoms with van der Waals surface area (Å²) in [6.45, 7) is 1.49. The van der Waals surface area contributed by atoms with Crippen LogP contribution in [0.25, 0.3) is 0 Å². The lowest BCUT2D eigenvalue weighted by molar-refractivity contribution is -0.144. The van der Waals surface area contributed by atoms with Gasteiger partial charge in [0.1, 0.15) is 5.75 Å². The molecule has 0 spiro atoms. The fourth-order valence-corrected chi connectivity index (χ4v) is 1.95. The van der Waals surface area contributed by atoms with Crippen LogP contribution >= 0.6 is 0 Å². The standard InChI is InChI=1S/C12H14O4/c1-7(12(14)15)16-11-4-2-3-8-9(11)5-6-10(8)13/h2-4,7,10,13H,5-6H2,1H3,(H,14,15). The van der Waals surface area contributed by atoms with Crippen LogP contribution in [0.2, 0.25) is 0 Å². The number of carbonyl (C=O) groups is 1. The SMILES string of the molecule is CC(Oc1cccc2c1CCC2O)C(=O)O. The monoisotopic (exact) mass is 222 g/mol. The summed E-state index contributed by atoms with van der Waals surface area (Å²) < 4.78 is 5.36. The van der Waals surface area contributed by atoms with Gasteiger partial charge in [-0.15, -0.1) is 0 Å². The lowest BCUT2D eigenvalue weighted by Crippen LogP contribution is -2.23. The second-order valence-corrected chi connectivity index (χ2v) is 3.98. The van der Waals surface area contributed by atoms with Crippen LogP contribution < -0.4 is 4.74 Å². The first-order valence-electron chi connectivity index (χ1n) is 5.29. The van der Waals surface area contributed by atoms with E-state index in [0.717, 1.165) is 17.5 Å². The maximum atomic E-state index is 10.7. The molecule has 0 heterocycles. The van der Waals surface area contributed by atoms with Gasteiger partial charge in [0.2, 0.25) is 0 Å². The fourth-order valence-electron chi connectivity index (χ4n) is 1.95. The first kappa shape index (κ1) is 11.0. The number of benzene rings is 1. The van der Waals surface area contributed by atoms with Crippen molar-refractivity contribution in [3.8, 4) is 5.75 Å². The molecule has 1 aliphatic rings. The second kappa shape index (κ2) is 4.14. The van der Waals surface area contributed by atoms with Gasteiger partial charge in [-0.1, -0.05) is 12.1 Å². The van der Waals surface area contributed by atoms with Crippen molar-refractivity contribution < 1.29 is 19.7 Å². The Morgan fingerprint density at radius 1 is 1.56 bits per heavy atom. The smallest absolute Gasteiger partial charge is 0.344 e. The molecule has 0 radical (unpaired) electrons. The van der Waals surface area contributed by atoms with E-state index in [9.17, 15) is 9.90 Å². The van der Waals surface area contributed by atoms with Crippen molar-refractivity contribution in [1.82, 2.24) is 0 Å². The summed E-state index contributed by atoms with van der Waals surface area (Å²) in [5, 5.41) is 18.4. The quantitative estimate of drug-likeness (QED) is 0.813. The van der Waals surface area contributed by atoms with Gasteiger partial charge in [0.15, 0.2) is 6.10 Å². The molecule has 4 heteroatoms. The molecule has 1 aromatic rings. The molecule has 2 atom stereocenters. The van der Waals surface area contributed by atoms with Gasteiger partial charge in [-0.25, -0.2) is 4.79 Å². The van der Waals surface area contributed by atoms with Crippen LogP contribution in [0.4, 0.5) is 0 Å². The lowest BCUT2D eigenvalue weighted by atomic mass is 10.1. The van der Waals surface area contributed by atoms with Crippen molar-refractivity contribution in [3.63, 3.8) is 0 Å². The number of carboxylic acids is 1. The molecule has 0 amide bonds. The normalized spacial score (nSPS) is 20.2. The Morgan fingerprint density at radius 2 is 2.31 bits per heavy atom. The van der Waals surface area contributed by atoms with E-state index in [-0.39, 0.29) is 0 Å². The summed E-state index contributed by atoms with van der Waals surface area (Å²) in [5.41, 5.74) is 1.79. The minimum Gasteiger partial charge on any atom is -0.479 e. The van der Waals surface area contributed by atoms with Crippen LogP contribution in [0.1, 0.15) is 30.6 Å². The van der Waals surface area contributed by atoms with Crippen molar-refractivity contribution in [2.45, 2.75) is 32.0 Å². The van der Waals surface area contributed by atoms with Gasteiger partial charge in [-0.2, -0.15) is 0 Å². The molecule has 0 fully saturated rings. The van der Waals surface area contributed by atoms with Crippen molar-refractivity contribution in [2.75, 3.05) is 0 Å². The Hall–Kier alpha value is -1.55. The van der Waals surface area contributed by atoms with E-state index < -0.39 is 18.2 Å². The molecular weight excluding hydrogens is 208 g/mol. The number of fused-ring (bicyclic) bond motifs is 1. The predicted octanol–water partition coefficient (Wildman–Crippen LogP) is 1.52. The molecular formula is C12H14O4. The number of rotatable bonds is 3. The van der Waals surface area contributed by atoms with E-state index >= 15 is 0 Å². The molecule has 2 rings (SSSR count). The molecule has 0 bridgehead atoms. The third-order valence-electron chi connectivity index (χ3n) is 2.85. The Kier molecular flexibility index (Phi) is 2.83. The van der Waals surface area contributed by atoms with Crippen LogP contribution in [-0.4, -0.2) is 22.3 Å². The number of aliphatic carboxylic acids is 1.